The van der Waals surface area contributed by atoms with Gasteiger partial charge in [0.05, 0.1) is 18.4 Å². The molecule has 0 saturated carbocycles. The number of hydrogen-bond donors (Lipinski definition) is 3. The second-order valence-corrected chi connectivity index (χ2v) is 6.49. The number of nitrogens with zero attached hydrogens (tertiary/aromatic N) is 1. The Balaban J connectivity index is 1.94. The molecule has 1 fully saturated rings. The summed E-state index contributed by atoms with van der Waals surface area (Å²) in [6.45, 7) is 2.09. The number of rotatable bonds is 6. The van der Waals surface area contributed by atoms with Crippen molar-refractivity contribution in [3.8, 4) is 17.2 Å². The summed E-state index contributed by atoms with van der Waals surface area (Å²) in [4.78, 5) is 13.1. The summed E-state index contributed by atoms with van der Waals surface area (Å²) in [7, 11) is 1.35. The number of hydrogen-bond acceptors (Lipinski definition) is 5. The molecule has 0 aliphatic carbocycles. The minimum absolute atomic E-state index is 0.0212. The van der Waals surface area contributed by atoms with Crippen molar-refractivity contribution < 1.29 is 27.4 Å². The average Bonchev–Trinajstić information content (AvgIpc) is 3.00. The highest BCUT2D eigenvalue weighted by Crippen LogP contribution is 2.41. The van der Waals surface area contributed by atoms with E-state index in [-0.39, 0.29) is 22.9 Å². The highest BCUT2D eigenvalue weighted by atomic mass is 19.4. The monoisotopic (exact) mass is 432 g/mol. The van der Waals surface area contributed by atoms with E-state index in [2.05, 4.69) is 5.32 Å². The molecule has 1 aliphatic rings. The minimum atomic E-state index is -4.67. The van der Waals surface area contributed by atoms with Gasteiger partial charge in [-0.15, -0.1) is 0 Å². The largest absolute Gasteiger partial charge is 0.493 e. The quantitative estimate of drug-likeness (QED) is 0.568. The predicted octanol–water partition coefficient (Wildman–Crippen LogP) is 4.87. The number of likely N-dealkylation sites (N-methyl/N-ethyl adjacent to an activating group) is 1. The van der Waals surface area contributed by atoms with Crippen LogP contribution >= 0.6 is 0 Å². The van der Waals surface area contributed by atoms with Crippen molar-refractivity contribution in [2.24, 2.45) is 0 Å². The maximum absolute atomic E-state index is 13.4. The number of carbonyl (C=O) groups is 1. The lowest BCUT2D eigenvalue weighted by molar-refractivity contribution is -0.138. The lowest BCUT2D eigenvalue weighted by atomic mass is 10.1. The standard InChI is InChI=1S/C21H19F3N4O3/c1-3-28-19(26)15(27-20(28)29)9-12-4-7-17(18(10-12)30-2)31-16-6-5-13(11-25)8-14(16)21(22,23)24/h4-11,25-26H,3H2,1-2H3,(H,27,29)/b15-9-,25-11?,26-19?. The summed E-state index contributed by atoms with van der Waals surface area (Å²) in [5.41, 5.74) is -0.0686. The number of alkyl halides is 3. The zero-order chi connectivity index (χ0) is 22.8. The SMILES string of the molecule is CCN1C(=N)/C(=C/c2ccc(Oc3ccc(C=N)cc3C(F)(F)F)c(OC)c2)NC1=O. The van der Waals surface area contributed by atoms with E-state index in [1.807, 2.05) is 0 Å². The normalized spacial score (nSPS) is 15.3. The van der Waals surface area contributed by atoms with E-state index in [0.29, 0.717) is 17.8 Å². The molecular weight excluding hydrogens is 413 g/mol. The van der Waals surface area contributed by atoms with E-state index in [0.717, 1.165) is 18.3 Å². The third kappa shape index (κ3) is 4.52. The molecule has 0 aromatic heterocycles. The highest BCUT2D eigenvalue weighted by Gasteiger charge is 2.35. The number of benzene rings is 2. The van der Waals surface area contributed by atoms with Gasteiger partial charge in [-0.25, -0.2) is 4.79 Å². The molecule has 2 amide bonds. The summed E-state index contributed by atoms with van der Waals surface area (Å²) in [6.07, 6.45) is -2.29. The van der Waals surface area contributed by atoms with Gasteiger partial charge in [-0.2, -0.15) is 13.2 Å². The zero-order valence-electron chi connectivity index (χ0n) is 16.6. The number of amides is 2. The van der Waals surface area contributed by atoms with Crippen molar-refractivity contribution >= 4 is 24.2 Å². The van der Waals surface area contributed by atoms with Crippen molar-refractivity contribution in [3.63, 3.8) is 0 Å². The molecule has 0 spiro atoms. The van der Waals surface area contributed by atoms with Gasteiger partial charge in [0.1, 0.15) is 5.75 Å². The van der Waals surface area contributed by atoms with E-state index in [1.165, 1.54) is 30.2 Å². The van der Waals surface area contributed by atoms with E-state index >= 15 is 0 Å². The van der Waals surface area contributed by atoms with Crippen LogP contribution in [0, 0.1) is 10.8 Å². The highest BCUT2D eigenvalue weighted by molar-refractivity contribution is 6.15. The van der Waals surface area contributed by atoms with Gasteiger partial charge < -0.3 is 20.2 Å². The van der Waals surface area contributed by atoms with Gasteiger partial charge >= 0.3 is 12.2 Å². The molecule has 0 atom stereocenters. The lowest BCUT2D eigenvalue weighted by Gasteiger charge is -2.16. The summed E-state index contributed by atoms with van der Waals surface area (Å²) in [5.74, 6) is -0.181. The third-order valence-corrected chi connectivity index (χ3v) is 4.52. The first kappa shape index (κ1) is 21.9. The first-order valence-electron chi connectivity index (χ1n) is 9.14. The lowest BCUT2D eigenvalue weighted by Crippen LogP contribution is -2.29. The summed E-state index contributed by atoms with van der Waals surface area (Å²) < 4.78 is 51.0. The number of methoxy groups -OCH3 is 1. The smallest absolute Gasteiger partial charge is 0.420 e. The fourth-order valence-electron chi connectivity index (χ4n) is 2.99. The van der Waals surface area contributed by atoms with E-state index in [4.69, 9.17) is 20.3 Å². The number of ether oxygens (including phenoxy) is 2. The van der Waals surface area contributed by atoms with Crippen LogP contribution in [-0.4, -0.2) is 36.6 Å². The molecule has 31 heavy (non-hydrogen) atoms. The Morgan fingerprint density at radius 3 is 2.35 bits per heavy atom. The van der Waals surface area contributed by atoms with E-state index < -0.39 is 23.5 Å². The molecule has 162 valence electrons. The fourth-order valence-corrected chi connectivity index (χ4v) is 2.99. The Morgan fingerprint density at radius 1 is 1.10 bits per heavy atom. The Labute approximate surface area is 176 Å². The van der Waals surface area contributed by atoms with Gasteiger partial charge in [0.15, 0.2) is 17.3 Å². The second kappa shape index (κ2) is 8.50. The number of urea groups is 1. The molecule has 1 saturated heterocycles. The van der Waals surface area contributed by atoms with Crippen LogP contribution in [0.25, 0.3) is 6.08 Å². The van der Waals surface area contributed by atoms with Crippen LogP contribution in [0.4, 0.5) is 18.0 Å². The van der Waals surface area contributed by atoms with Gasteiger partial charge in [-0.1, -0.05) is 6.07 Å². The Morgan fingerprint density at radius 2 is 1.77 bits per heavy atom. The second-order valence-electron chi connectivity index (χ2n) is 6.49. The van der Waals surface area contributed by atoms with Crippen LogP contribution in [0.1, 0.15) is 23.6 Å². The number of halogens is 3. The maximum Gasteiger partial charge on any atom is 0.420 e. The van der Waals surface area contributed by atoms with Crippen molar-refractivity contribution in [1.29, 1.82) is 10.8 Å². The summed E-state index contributed by atoms with van der Waals surface area (Å²) in [6, 6.07) is 7.45. The first-order chi connectivity index (χ1) is 14.7. The topological polar surface area (TPSA) is 98.5 Å². The van der Waals surface area contributed by atoms with Crippen molar-refractivity contribution in [1.82, 2.24) is 10.2 Å². The molecule has 1 heterocycles. The predicted molar refractivity (Wildman–Crippen MR) is 109 cm³/mol. The Bertz CT molecular complexity index is 1080. The Kier molecular flexibility index (Phi) is 6.00. The molecule has 10 heteroatoms. The van der Waals surface area contributed by atoms with Gasteiger partial charge in [-0.05, 0) is 54.5 Å². The van der Waals surface area contributed by atoms with Crippen LogP contribution in [0.2, 0.25) is 0 Å². The molecule has 0 bridgehead atoms. The van der Waals surface area contributed by atoms with Crippen LogP contribution in [-0.2, 0) is 6.18 Å². The number of nitrogens with one attached hydrogen (secondary N) is 3. The zero-order valence-corrected chi connectivity index (χ0v) is 16.6. The molecule has 3 N–H and O–H groups in total. The van der Waals surface area contributed by atoms with Gasteiger partial charge in [0.2, 0.25) is 0 Å². The van der Waals surface area contributed by atoms with Gasteiger partial charge in [-0.3, -0.25) is 10.3 Å². The molecule has 2 aromatic carbocycles. The van der Waals surface area contributed by atoms with Crippen LogP contribution < -0.4 is 14.8 Å². The fraction of sp³-hybridized carbons (Fsp3) is 0.190. The molecule has 0 unspecified atom stereocenters. The van der Waals surface area contributed by atoms with Crippen LogP contribution in [0.5, 0.6) is 17.2 Å². The Hall–Kier alpha value is -3.82. The molecular formula is C21H19F3N4O3. The van der Waals surface area contributed by atoms with Crippen LogP contribution in [0.15, 0.2) is 42.1 Å². The number of carbonyl (C=O) groups excluding carboxylic acids is 1. The van der Waals surface area contributed by atoms with E-state index in [1.54, 1.807) is 19.1 Å². The van der Waals surface area contributed by atoms with Crippen LogP contribution in [0.3, 0.4) is 0 Å². The average molecular weight is 432 g/mol. The maximum atomic E-state index is 13.4. The van der Waals surface area contributed by atoms with Crippen molar-refractivity contribution in [3.05, 3.63) is 58.8 Å². The van der Waals surface area contributed by atoms with Crippen molar-refractivity contribution in [2.45, 2.75) is 13.1 Å². The number of amidine groups is 1. The summed E-state index contributed by atoms with van der Waals surface area (Å²) in [5, 5.41) is 17.8. The van der Waals surface area contributed by atoms with Crippen molar-refractivity contribution in [2.75, 3.05) is 13.7 Å². The van der Waals surface area contributed by atoms with Gasteiger partial charge in [0, 0.05) is 12.8 Å². The molecule has 3 rings (SSSR count). The third-order valence-electron chi connectivity index (χ3n) is 4.52. The van der Waals surface area contributed by atoms with E-state index in [9.17, 15) is 18.0 Å². The first-order valence-corrected chi connectivity index (χ1v) is 9.14. The molecule has 1 aliphatic heterocycles. The molecule has 2 aromatic rings. The van der Waals surface area contributed by atoms with Gasteiger partial charge in [0.25, 0.3) is 0 Å². The molecule has 7 nitrogen and oxygen atoms in total. The minimum Gasteiger partial charge on any atom is -0.493 e. The molecule has 0 radical (unpaired) electrons. The summed E-state index contributed by atoms with van der Waals surface area (Å²) >= 11 is 0.